The fourth-order valence-electron chi connectivity index (χ4n) is 3.99. The Bertz CT molecular complexity index is 729. The number of benzene rings is 1. The van der Waals surface area contributed by atoms with Gasteiger partial charge in [0.25, 0.3) is 0 Å². The van der Waals surface area contributed by atoms with Gasteiger partial charge in [-0.15, -0.1) is 0 Å². The predicted octanol–water partition coefficient (Wildman–Crippen LogP) is 3.52. The Balaban J connectivity index is 1.74. The summed E-state index contributed by atoms with van der Waals surface area (Å²) in [6, 6.07) is 9.04. The molecule has 1 aromatic carbocycles. The van der Waals surface area contributed by atoms with Crippen molar-refractivity contribution in [3.8, 4) is 0 Å². The first-order valence-corrected chi connectivity index (χ1v) is 8.98. The molecule has 0 aliphatic carbocycles. The molecule has 1 atom stereocenters. The number of piperidine rings is 1. The van der Waals surface area contributed by atoms with Crippen LogP contribution >= 0.6 is 0 Å². The summed E-state index contributed by atoms with van der Waals surface area (Å²) in [5.74, 6) is 1.75. The van der Waals surface area contributed by atoms with Crippen LogP contribution in [0.4, 0.5) is 23.0 Å². The maximum Gasteiger partial charge on any atom is 0.161 e. The summed E-state index contributed by atoms with van der Waals surface area (Å²) >= 11 is 0. The van der Waals surface area contributed by atoms with Crippen LogP contribution in [-0.4, -0.2) is 29.1 Å². The van der Waals surface area contributed by atoms with Gasteiger partial charge in [0.15, 0.2) is 11.6 Å². The topological polar surface area (TPSA) is 58.3 Å². The molecule has 0 spiro atoms. The second-order valence-corrected chi connectivity index (χ2v) is 6.86. The van der Waals surface area contributed by atoms with Gasteiger partial charge >= 0.3 is 0 Å². The summed E-state index contributed by atoms with van der Waals surface area (Å²) in [6.45, 7) is 4.24. The lowest BCUT2D eigenvalue weighted by atomic mass is 10.0. The number of aromatic nitrogens is 2. The molecule has 2 aromatic rings. The monoisotopic (exact) mass is 323 g/mol. The lowest BCUT2D eigenvalue weighted by Gasteiger charge is -2.36. The highest BCUT2D eigenvalue weighted by molar-refractivity contribution is 5.81. The van der Waals surface area contributed by atoms with Gasteiger partial charge in [-0.3, -0.25) is 0 Å². The number of para-hydroxylation sites is 1. The molecule has 4 rings (SSSR count). The Kier molecular flexibility index (Phi) is 4.00. The van der Waals surface area contributed by atoms with Gasteiger partial charge in [-0.05, 0) is 50.7 Å². The molecule has 126 valence electrons. The summed E-state index contributed by atoms with van der Waals surface area (Å²) in [5, 5.41) is 0. The average molecular weight is 323 g/mol. The Labute approximate surface area is 143 Å². The van der Waals surface area contributed by atoms with E-state index in [0.717, 1.165) is 37.6 Å². The third kappa shape index (κ3) is 2.58. The van der Waals surface area contributed by atoms with Crippen LogP contribution in [0.25, 0.3) is 0 Å². The zero-order valence-electron chi connectivity index (χ0n) is 14.3. The third-order valence-corrected chi connectivity index (χ3v) is 5.28. The van der Waals surface area contributed by atoms with Crippen LogP contribution < -0.4 is 15.5 Å². The van der Waals surface area contributed by atoms with Crippen LogP contribution in [0.5, 0.6) is 0 Å². The highest BCUT2D eigenvalue weighted by Gasteiger charge is 2.26. The number of anilines is 4. The van der Waals surface area contributed by atoms with E-state index in [-0.39, 0.29) is 0 Å². The molecule has 24 heavy (non-hydrogen) atoms. The van der Waals surface area contributed by atoms with Crippen molar-refractivity contribution in [2.75, 3.05) is 28.6 Å². The zero-order chi connectivity index (χ0) is 16.5. The minimum absolute atomic E-state index is 0.484. The first-order chi connectivity index (χ1) is 11.8. The van der Waals surface area contributed by atoms with E-state index in [4.69, 9.17) is 5.73 Å². The lowest BCUT2D eigenvalue weighted by Crippen LogP contribution is -2.39. The molecule has 0 radical (unpaired) electrons. The van der Waals surface area contributed by atoms with Gasteiger partial charge in [0, 0.05) is 24.8 Å². The van der Waals surface area contributed by atoms with Gasteiger partial charge in [-0.1, -0.05) is 18.2 Å². The Morgan fingerprint density at radius 3 is 2.75 bits per heavy atom. The molecule has 5 nitrogen and oxygen atoms in total. The lowest BCUT2D eigenvalue weighted by molar-refractivity contribution is 0.481. The standard InChI is InChI=1S/C19H25N5/c1-14-7-4-5-11-23(14)18-17(20)19(22-13-21-18)24-12-6-9-15-8-2-3-10-16(15)24/h2-3,8,10,13-14H,4-7,9,11-12,20H2,1H3. The van der Waals surface area contributed by atoms with Crippen molar-refractivity contribution in [3.63, 3.8) is 0 Å². The minimum Gasteiger partial charge on any atom is -0.393 e. The number of nitrogens with two attached hydrogens (primary N) is 1. The molecular formula is C19H25N5. The first kappa shape index (κ1) is 15.2. The van der Waals surface area contributed by atoms with Crippen molar-refractivity contribution in [2.45, 2.75) is 45.1 Å². The third-order valence-electron chi connectivity index (χ3n) is 5.28. The summed E-state index contributed by atoms with van der Waals surface area (Å²) in [7, 11) is 0. The van der Waals surface area contributed by atoms with E-state index >= 15 is 0 Å². The van der Waals surface area contributed by atoms with Crippen LogP contribution in [0.2, 0.25) is 0 Å². The molecule has 1 fully saturated rings. The molecule has 0 amide bonds. The molecule has 3 heterocycles. The highest BCUT2D eigenvalue weighted by atomic mass is 15.3. The average Bonchev–Trinajstić information content (AvgIpc) is 2.62. The van der Waals surface area contributed by atoms with Crippen LogP contribution in [0.15, 0.2) is 30.6 Å². The largest absolute Gasteiger partial charge is 0.393 e. The normalized spacial score (nSPS) is 20.8. The van der Waals surface area contributed by atoms with Crippen LogP contribution in [0.3, 0.4) is 0 Å². The number of hydrogen-bond donors (Lipinski definition) is 1. The van der Waals surface area contributed by atoms with E-state index in [1.807, 2.05) is 0 Å². The fraction of sp³-hybridized carbons (Fsp3) is 0.474. The smallest absolute Gasteiger partial charge is 0.161 e. The number of nitrogens with zero attached hydrogens (tertiary/aromatic N) is 4. The molecule has 1 unspecified atom stereocenters. The van der Waals surface area contributed by atoms with E-state index < -0.39 is 0 Å². The van der Waals surface area contributed by atoms with Crippen LogP contribution in [0.1, 0.15) is 38.2 Å². The van der Waals surface area contributed by atoms with E-state index in [1.54, 1.807) is 6.33 Å². The van der Waals surface area contributed by atoms with E-state index in [9.17, 15) is 0 Å². The molecule has 1 aromatic heterocycles. The number of nitrogen functional groups attached to an aromatic ring is 1. The van der Waals surface area contributed by atoms with Crippen LogP contribution in [0, 0.1) is 0 Å². The Morgan fingerprint density at radius 1 is 1.04 bits per heavy atom. The number of fused-ring (bicyclic) bond motifs is 1. The number of hydrogen-bond acceptors (Lipinski definition) is 5. The van der Waals surface area contributed by atoms with Gasteiger partial charge in [-0.2, -0.15) is 0 Å². The van der Waals surface area contributed by atoms with Crippen molar-refractivity contribution in [1.29, 1.82) is 0 Å². The molecule has 0 bridgehead atoms. The molecular weight excluding hydrogens is 298 g/mol. The van der Waals surface area contributed by atoms with Gasteiger partial charge in [-0.25, -0.2) is 9.97 Å². The number of aryl methyl sites for hydroxylation is 1. The van der Waals surface area contributed by atoms with Crippen molar-refractivity contribution in [3.05, 3.63) is 36.2 Å². The van der Waals surface area contributed by atoms with E-state index in [0.29, 0.717) is 11.7 Å². The van der Waals surface area contributed by atoms with E-state index in [2.05, 4.69) is 51.0 Å². The maximum atomic E-state index is 6.56. The summed E-state index contributed by atoms with van der Waals surface area (Å²) in [4.78, 5) is 13.7. The minimum atomic E-state index is 0.484. The molecule has 2 aliphatic heterocycles. The van der Waals surface area contributed by atoms with Gasteiger partial charge < -0.3 is 15.5 Å². The second-order valence-electron chi connectivity index (χ2n) is 6.86. The van der Waals surface area contributed by atoms with Gasteiger partial charge in [0.05, 0.1) is 0 Å². The van der Waals surface area contributed by atoms with Crippen molar-refractivity contribution >= 4 is 23.0 Å². The predicted molar refractivity (Wildman–Crippen MR) is 98.9 cm³/mol. The van der Waals surface area contributed by atoms with E-state index in [1.165, 1.54) is 30.5 Å². The maximum absolute atomic E-state index is 6.56. The number of rotatable bonds is 2. The molecule has 0 saturated carbocycles. The Morgan fingerprint density at radius 2 is 1.88 bits per heavy atom. The zero-order valence-corrected chi connectivity index (χ0v) is 14.3. The Hall–Kier alpha value is -2.30. The summed E-state index contributed by atoms with van der Waals surface area (Å²) < 4.78 is 0. The molecule has 5 heteroatoms. The van der Waals surface area contributed by atoms with Crippen molar-refractivity contribution in [2.24, 2.45) is 0 Å². The van der Waals surface area contributed by atoms with Crippen molar-refractivity contribution in [1.82, 2.24) is 9.97 Å². The first-order valence-electron chi connectivity index (χ1n) is 8.98. The molecule has 2 aliphatic rings. The molecule has 2 N–H and O–H groups in total. The summed E-state index contributed by atoms with van der Waals surface area (Å²) in [6.07, 6.45) is 7.60. The fourth-order valence-corrected chi connectivity index (χ4v) is 3.99. The van der Waals surface area contributed by atoms with Crippen LogP contribution in [-0.2, 0) is 6.42 Å². The SMILES string of the molecule is CC1CCCCN1c1ncnc(N2CCCc3ccccc32)c1N. The quantitative estimate of drug-likeness (QED) is 0.916. The molecule has 1 saturated heterocycles. The second kappa shape index (κ2) is 6.30. The van der Waals surface area contributed by atoms with Crippen molar-refractivity contribution < 1.29 is 0 Å². The highest BCUT2D eigenvalue weighted by Crippen LogP contribution is 2.38. The van der Waals surface area contributed by atoms with Gasteiger partial charge in [0.2, 0.25) is 0 Å². The summed E-state index contributed by atoms with van der Waals surface area (Å²) in [5.41, 5.74) is 9.87. The van der Waals surface area contributed by atoms with Gasteiger partial charge in [0.1, 0.15) is 12.0 Å².